The van der Waals surface area contributed by atoms with Crippen LogP contribution in [0.25, 0.3) is 0 Å². The molecule has 19 heavy (non-hydrogen) atoms. The molecule has 0 aromatic heterocycles. The van der Waals surface area contributed by atoms with Gasteiger partial charge in [-0.1, -0.05) is 0 Å². The highest BCUT2D eigenvalue weighted by Gasteiger charge is 2.08. The van der Waals surface area contributed by atoms with Crippen LogP contribution in [0.1, 0.15) is 10.4 Å². The largest absolute Gasteiger partial charge is 0.478 e. The number of halogens is 1. The second-order valence-corrected chi connectivity index (χ2v) is 6.49. The number of urea groups is 1. The van der Waals surface area contributed by atoms with Crippen molar-refractivity contribution in [3.8, 4) is 0 Å². The van der Waals surface area contributed by atoms with Gasteiger partial charge in [-0.15, -0.1) is 0 Å². The molecule has 8 heteroatoms. The van der Waals surface area contributed by atoms with E-state index >= 15 is 0 Å². The molecule has 0 saturated heterocycles. The van der Waals surface area contributed by atoms with Crippen molar-refractivity contribution >= 4 is 51.1 Å². The molecule has 0 bridgehead atoms. The molecule has 1 unspecified atom stereocenters. The summed E-state index contributed by atoms with van der Waals surface area (Å²) in [5.74, 6) is -0.677. The Hall–Kier alpha value is -1.16. The molecule has 0 aliphatic carbocycles. The highest BCUT2D eigenvalue weighted by atomic mass is 127. The van der Waals surface area contributed by atoms with Crippen molar-refractivity contribution in [2.45, 2.75) is 0 Å². The Balaban J connectivity index is 2.63. The SMILES string of the molecule is CS(=O)CCNC(=O)Nc1cc(I)cc(C(=O)O)c1. The van der Waals surface area contributed by atoms with E-state index in [4.69, 9.17) is 5.11 Å². The number of hydrogen-bond acceptors (Lipinski definition) is 3. The van der Waals surface area contributed by atoms with Crippen LogP contribution in [-0.4, -0.2) is 39.9 Å². The molecule has 0 aliphatic heterocycles. The van der Waals surface area contributed by atoms with E-state index in [0.717, 1.165) is 0 Å². The van der Waals surface area contributed by atoms with Gasteiger partial charge in [0.15, 0.2) is 0 Å². The van der Waals surface area contributed by atoms with Crippen LogP contribution in [0.2, 0.25) is 0 Å². The zero-order valence-electron chi connectivity index (χ0n) is 10.1. The van der Waals surface area contributed by atoms with Crippen LogP contribution in [0.4, 0.5) is 10.5 Å². The standard InChI is InChI=1S/C11H13IN2O4S/c1-19(18)3-2-13-11(17)14-9-5-7(10(15)16)4-8(12)6-9/h4-6H,2-3H2,1H3,(H,15,16)(H2,13,14,17). The molecule has 1 atom stereocenters. The average Bonchev–Trinajstić information content (AvgIpc) is 2.27. The summed E-state index contributed by atoms with van der Waals surface area (Å²) in [7, 11) is -0.963. The first-order valence-electron chi connectivity index (χ1n) is 5.27. The molecule has 0 fully saturated rings. The Morgan fingerprint density at radius 1 is 1.37 bits per heavy atom. The lowest BCUT2D eigenvalue weighted by Crippen LogP contribution is -2.31. The van der Waals surface area contributed by atoms with Crippen LogP contribution in [0.15, 0.2) is 18.2 Å². The van der Waals surface area contributed by atoms with E-state index in [-0.39, 0.29) is 5.56 Å². The molecule has 1 aromatic rings. The normalized spacial score (nSPS) is 11.7. The summed E-state index contributed by atoms with van der Waals surface area (Å²) in [6.07, 6.45) is 1.55. The Morgan fingerprint density at radius 2 is 2.05 bits per heavy atom. The highest BCUT2D eigenvalue weighted by Crippen LogP contribution is 2.16. The molecule has 1 aromatic carbocycles. The van der Waals surface area contributed by atoms with Crippen LogP contribution < -0.4 is 10.6 Å². The van der Waals surface area contributed by atoms with Crippen molar-refractivity contribution in [3.63, 3.8) is 0 Å². The zero-order valence-corrected chi connectivity index (χ0v) is 13.1. The van der Waals surface area contributed by atoms with E-state index in [1.54, 1.807) is 12.3 Å². The van der Waals surface area contributed by atoms with Gasteiger partial charge >= 0.3 is 12.0 Å². The maximum absolute atomic E-state index is 11.5. The summed E-state index contributed by atoms with van der Waals surface area (Å²) in [6, 6.07) is 4.09. The molecule has 2 amide bonds. The Bertz CT molecular complexity index is 521. The minimum Gasteiger partial charge on any atom is -0.478 e. The summed E-state index contributed by atoms with van der Waals surface area (Å²) in [5.41, 5.74) is 0.510. The quantitative estimate of drug-likeness (QED) is 0.658. The fourth-order valence-electron chi connectivity index (χ4n) is 1.27. The lowest BCUT2D eigenvalue weighted by molar-refractivity contribution is 0.0697. The van der Waals surface area contributed by atoms with Crippen molar-refractivity contribution < 1.29 is 18.9 Å². The van der Waals surface area contributed by atoms with Crippen LogP contribution in [0, 0.1) is 3.57 Å². The smallest absolute Gasteiger partial charge is 0.335 e. The lowest BCUT2D eigenvalue weighted by Gasteiger charge is -2.08. The third-order valence-corrected chi connectivity index (χ3v) is 3.48. The van der Waals surface area contributed by atoms with Crippen molar-refractivity contribution in [1.82, 2.24) is 5.32 Å². The number of amides is 2. The molecular formula is C11H13IN2O4S. The number of rotatable bonds is 5. The van der Waals surface area contributed by atoms with E-state index in [1.165, 1.54) is 12.1 Å². The first kappa shape index (κ1) is 15.9. The van der Waals surface area contributed by atoms with Crippen molar-refractivity contribution in [3.05, 3.63) is 27.3 Å². The van der Waals surface area contributed by atoms with Crippen molar-refractivity contribution in [2.75, 3.05) is 23.9 Å². The maximum Gasteiger partial charge on any atom is 0.335 e. The second kappa shape index (κ2) is 7.43. The van der Waals surface area contributed by atoms with Crippen LogP contribution in [0.5, 0.6) is 0 Å². The molecular weight excluding hydrogens is 383 g/mol. The maximum atomic E-state index is 11.5. The lowest BCUT2D eigenvalue weighted by atomic mass is 10.2. The Morgan fingerprint density at radius 3 is 2.63 bits per heavy atom. The highest BCUT2D eigenvalue weighted by molar-refractivity contribution is 14.1. The van der Waals surface area contributed by atoms with Crippen LogP contribution in [0.3, 0.4) is 0 Å². The minimum absolute atomic E-state index is 0.108. The van der Waals surface area contributed by atoms with Gasteiger partial charge in [-0.2, -0.15) is 0 Å². The molecule has 6 nitrogen and oxygen atoms in total. The van der Waals surface area contributed by atoms with Gasteiger partial charge in [-0.05, 0) is 40.8 Å². The number of carbonyl (C=O) groups excluding carboxylic acids is 1. The number of carbonyl (C=O) groups is 2. The number of nitrogens with one attached hydrogen (secondary N) is 2. The predicted octanol–water partition coefficient (Wildman–Crippen LogP) is 1.49. The van der Waals surface area contributed by atoms with E-state index in [2.05, 4.69) is 10.6 Å². The molecule has 0 spiro atoms. The van der Waals surface area contributed by atoms with Gasteiger partial charge < -0.3 is 15.7 Å². The number of hydrogen-bond donors (Lipinski definition) is 3. The van der Waals surface area contributed by atoms with Gasteiger partial charge in [0.1, 0.15) is 0 Å². The fraction of sp³-hybridized carbons (Fsp3) is 0.273. The van der Waals surface area contributed by atoms with E-state index in [9.17, 15) is 13.8 Å². The van der Waals surface area contributed by atoms with Crippen molar-refractivity contribution in [2.24, 2.45) is 0 Å². The Labute approximate surface area is 126 Å². The van der Waals surface area contributed by atoms with Gasteiger partial charge in [0.2, 0.25) is 0 Å². The molecule has 1 rings (SSSR count). The summed E-state index contributed by atoms with van der Waals surface area (Å²) in [5, 5.41) is 14.0. The Kier molecular flexibility index (Phi) is 6.22. The van der Waals surface area contributed by atoms with Crippen LogP contribution >= 0.6 is 22.6 Å². The average molecular weight is 396 g/mol. The fourth-order valence-corrected chi connectivity index (χ4v) is 2.33. The zero-order chi connectivity index (χ0) is 14.4. The summed E-state index contributed by atoms with van der Waals surface area (Å²) in [4.78, 5) is 22.4. The summed E-state index contributed by atoms with van der Waals surface area (Å²) >= 11 is 1.97. The van der Waals surface area contributed by atoms with Gasteiger partial charge in [0.05, 0.1) is 5.56 Å². The van der Waals surface area contributed by atoms with Crippen LogP contribution in [-0.2, 0) is 10.8 Å². The van der Waals surface area contributed by atoms with Gasteiger partial charge in [0, 0.05) is 38.6 Å². The number of carboxylic acids is 1. The summed E-state index contributed by atoms with van der Waals surface area (Å²) in [6.45, 7) is 0.296. The predicted molar refractivity (Wildman–Crippen MR) is 82.1 cm³/mol. The minimum atomic E-state index is -1.05. The number of benzene rings is 1. The third kappa shape index (κ3) is 6.01. The molecule has 104 valence electrons. The monoisotopic (exact) mass is 396 g/mol. The van der Waals surface area contributed by atoms with Crippen molar-refractivity contribution in [1.29, 1.82) is 0 Å². The first-order valence-corrected chi connectivity index (χ1v) is 8.08. The second-order valence-electron chi connectivity index (χ2n) is 3.69. The number of aromatic carboxylic acids is 1. The molecule has 0 radical (unpaired) electrons. The molecule has 0 heterocycles. The van der Waals surface area contributed by atoms with Gasteiger partial charge in [-0.25, -0.2) is 9.59 Å². The number of anilines is 1. The third-order valence-electron chi connectivity index (χ3n) is 2.08. The van der Waals surface area contributed by atoms with E-state index < -0.39 is 22.8 Å². The number of carboxylic acid groups (broad SMARTS) is 1. The van der Waals surface area contributed by atoms with E-state index in [0.29, 0.717) is 21.6 Å². The molecule has 3 N–H and O–H groups in total. The topological polar surface area (TPSA) is 95.5 Å². The molecule has 0 aliphatic rings. The van der Waals surface area contributed by atoms with E-state index in [1.807, 2.05) is 22.6 Å². The molecule has 0 saturated carbocycles. The first-order chi connectivity index (χ1) is 8.88. The van der Waals surface area contributed by atoms with Gasteiger partial charge in [-0.3, -0.25) is 4.21 Å². The van der Waals surface area contributed by atoms with Gasteiger partial charge in [0.25, 0.3) is 0 Å². The summed E-state index contributed by atoms with van der Waals surface area (Å²) < 4.78 is 11.5.